The summed E-state index contributed by atoms with van der Waals surface area (Å²) in [7, 11) is 0. The largest absolute Gasteiger partial charge is 0.383 e. The highest BCUT2D eigenvalue weighted by Gasteiger charge is 2.21. The van der Waals surface area contributed by atoms with Gasteiger partial charge in [0.1, 0.15) is 16.3 Å². The molecule has 4 rings (SSSR count). The van der Waals surface area contributed by atoms with Crippen LogP contribution in [-0.2, 0) is 12.8 Å². The normalized spacial score (nSPS) is 13.9. The third kappa shape index (κ3) is 1.60. The topological polar surface area (TPSA) is 77.6 Å². The zero-order valence-corrected chi connectivity index (χ0v) is 10.9. The molecule has 0 bridgehead atoms. The molecular formula is C13H11N5S. The predicted octanol–water partition coefficient (Wildman–Crippen LogP) is 2.22. The SMILES string of the molecule is Nc1nc(-c2cnccn2)nc2sc3c(c12)CCC3. The van der Waals surface area contributed by atoms with Gasteiger partial charge < -0.3 is 5.73 Å². The van der Waals surface area contributed by atoms with Crippen LogP contribution in [0.4, 0.5) is 5.82 Å². The molecule has 2 N–H and O–H groups in total. The number of thiophene rings is 1. The molecule has 0 saturated heterocycles. The van der Waals surface area contributed by atoms with Crippen LogP contribution >= 0.6 is 11.3 Å². The minimum Gasteiger partial charge on any atom is -0.383 e. The Hall–Kier alpha value is -2.08. The second-order valence-corrected chi connectivity index (χ2v) is 5.64. The average Bonchev–Trinajstić information content (AvgIpc) is 2.99. The second kappa shape index (κ2) is 3.96. The third-order valence-corrected chi connectivity index (χ3v) is 4.57. The molecule has 6 heteroatoms. The zero-order chi connectivity index (χ0) is 12.8. The van der Waals surface area contributed by atoms with Crippen molar-refractivity contribution in [2.45, 2.75) is 19.3 Å². The molecule has 3 heterocycles. The van der Waals surface area contributed by atoms with Crippen LogP contribution in [0.25, 0.3) is 21.7 Å². The smallest absolute Gasteiger partial charge is 0.183 e. The average molecular weight is 269 g/mol. The number of nitrogens with zero attached hydrogens (tertiary/aromatic N) is 4. The van der Waals surface area contributed by atoms with E-state index < -0.39 is 0 Å². The fraction of sp³-hybridized carbons (Fsp3) is 0.231. The van der Waals surface area contributed by atoms with Crippen LogP contribution in [-0.4, -0.2) is 19.9 Å². The van der Waals surface area contributed by atoms with E-state index in [2.05, 4.69) is 19.9 Å². The van der Waals surface area contributed by atoms with E-state index >= 15 is 0 Å². The maximum atomic E-state index is 6.12. The van der Waals surface area contributed by atoms with Crippen molar-refractivity contribution >= 4 is 27.4 Å². The molecular weight excluding hydrogens is 258 g/mol. The van der Waals surface area contributed by atoms with E-state index in [1.165, 1.54) is 16.9 Å². The molecule has 0 aromatic carbocycles. The van der Waals surface area contributed by atoms with Crippen molar-refractivity contribution in [1.29, 1.82) is 0 Å². The number of aromatic nitrogens is 4. The van der Waals surface area contributed by atoms with E-state index in [-0.39, 0.29) is 0 Å². The van der Waals surface area contributed by atoms with Gasteiger partial charge in [-0.15, -0.1) is 11.3 Å². The molecule has 94 valence electrons. The van der Waals surface area contributed by atoms with Gasteiger partial charge >= 0.3 is 0 Å². The Morgan fingerprint density at radius 1 is 1.16 bits per heavy atom. The number of nitrogens with two attached hydrogens (primary N) is 1. The minimum absolute atomic E-state index is 0.554. The molecule has 1 aliphatic carbocycles. The van der Waals surface area contributed by atoms with Crippen LogP contribution in [0.15, 0.2) is 18.6 Å². The minimum atomic E-state index is 0.554. The fourth-order valence-corrected chi connectivity index (χ4v) is 3.82. The second-order valence-electron chi connectivity index (χ2n) is 4.56. The van der Waals surface area contributed by atoms with Gasteiger partial charge in [0.15, 0.2) is 5.82 Å². The molecule has 3 aromatic rings. The van der Waals surface area contributed by atoms with Crippen LogP contribution in [0.5, 0.6) is 0 Å². The highest BCUT2D eigenvalue weighted by molar-refractivity contribution is 7.19. The molecule has 0 radical (unpaired) electrons. The van der Waals surface area contributed by atoms with Crippen molar-refractivity contribution in [2.24, 2.45) is 0 Å². The third-order valence-electron chi connectivity index (χ3n) is 3.38. The number of nitrogen functional groups attached to an aromatic ring is 1. The molecule has 3 aromatic heterocycles. The van der Waals surface area contributed by atoms with Crippen molar-refractivity contribution in [3.8, 4) is 11.5 Å². The first-order valence-corrected chi connectivity index (χ1v) is 6.99. The summed E-state index contributed by atoms with van der Waals surface area (Å²) in [5.41, 5.74) is 8.13. The zero-order valence-electron chi connectivity index (χ0n) is 10.1. The molecule has 0 amide bonds. The van der Waals surface area contributed by atoms with E-state index in [1.54, 1.807) is 29.9 Å². The van der Waals surface area contributed by atoms with Crippen LogP contribution in [0.3, 0.4) is 0 Å². The van der Waals surface area contributed by atoms with Crippen molar-refractivity contribution in [3.05, 3.63) is 29.0 Å². The Balaban J connectivity index is 1.97. The molecule has 0 aliphatic heterocycles. The van der Waals surface area contributed by atoms with Crippen LogP contribution < -0.4 is 5.73 Å². The van der Waals surface area contributed by atoms with Crippen molar-refractivity contribution < 1.29 is 0 Å². The summed E-state index contributed by atoms with van der Waals surface area (Å²) < 4.78 is 0. The van der Waals surface area contributed by atoms with Crippen LogP contribution in [0, 0.1) is 0 Å². The lowest BCUT2D eigenvalue weighted by molar-refractivity contribution is 0.917. The van der Waals surface area contributed by atoms with E-state index in [0.717, 1.165) is 23.1 Å². The summed E-state index contributed by atoms with van der Waals surface area (Å²) in [6.45, 7) is 0. The van der Waals surface area contributed by atoms with Gasteiger partial charge in [-0.05, 0) is 24.8 Å². The molecule has 0 unspecified atom stereocenters. The maximum Gasteiger partial charge on any atom is 0.183 e. The van der Waals surface area contributed by atoms with E-state index in [0.29, 0.717) is 17.3 Å². The number of rotatable bonds is 1. The monoisotopic (exact) mass is 269 g/mol. The number of hydrogen-bond donors (Lipinski definition) is 1. The Morgan fingerprint density at radius 2 is 2.11 bits per heavy atom. The Bertz CT molecular complexity index is 766. The summed E-state index contributed by atoms with van der Waals surface area (Å²) in [6.07, 6.45) is 8.35. The molecule has 0 spiro atoms. The lowest BCUT2D eigenvalue weighted by Gasteiger charge is -2.02. The maximum absolute atomic E-state index is 6.12. The molecule has 0 fully saturated rings. The van der Waals surface area contributed by atoms with Gasteiger partial charge in [-0.2, -0.15) is 0 Å². The van der Waals surface area contributed by atoms with E-state index in [4.69, 9.17) is 5.73 Å². The lowest BCUT2D eigenvalue weighted by atomic mass is 10.2. The van der Waals surface area contributed by atoms with Crippen LogP contribution in [0.2, 0.25) is 0 Å². The number of hydrogen-bond acceptors (Lipinski definition) is 6. The molecule has 19 heavy (non-hydrogen) atoms. The van der Waals surface area contributed by atoms with Crippen molar-refractivity contribution in [2.75, 3.05) is 5.73 Å². The van der Waals surface area contributed by atoms with Gasteiger partial charge in [-0.1, -0.05) is 0 Å². The van der Waals surface area contributed by atoms with Gasteiger partial charge in [-0.3, -0.25) is 4.98 Å². The lowest BCUT2D eigenvalue weighted by Crippen LogP contribution is -1.98. The number of aryl methyl sites for hydroxylation is 2. The molecule has 5 nitrogen and oxygen atoms in total. The summed E-state index contributed by atoms with van der Waals surface area (Å²) in [5, 5.41) is 1.05. The predicted molar refractivity (Wildman–Crippen MR) is 74.9 cm³/mol. The first kappa shape index (κ1) is 10.8. The summed E-state index contributed by atoms with van der Waals surface area (Å²) in [6, 6.07) is 0. The van der Waals surface area contributed by atoms with Gasteiger partial charge in [0.05, 0.1) is 11.6 Å². The van der Waals surface area contributed by atoms with E-state index in [1.807, 2.05) is 0 Å². The summed E-state index contributed by atoms with van der Waals surface area (Å²) in [4.78, 5) is 19.6. The van der Waals surface area contributed by atoms with Gasteiger partial charge in [0.25, 0.3) is 0 Å². The molecule has 1 aliphatic rings. The summed E-state index contributed by atoms with van der Waals surface area (Å²) in [5.74, 6) is 1.11. The Morgan fingerprint density at radius 3 is 2.95 bits per heavy atom. The Labute approximate surface area is 113 Å². The number of anilines is 1. The first-order valence-electron chi connectivity index (χ1n) is 6.17. The highest BCUT2D eigenvalue weighted by atomic mass is 32.1. The quantitative estimate of drug-likeness (QED) is 0.733. The van der Waals surface area contributed by atoms with Gasteiger partial charge in [0, 0.05) is 17.3 Å². The van der Waals surface area contributed by atoms with Crippen molar-refractivity contribution in [3.63, 3.8) is 0 Å². The number of fused-ring (bicyclic) bond motifs is 3. The fourth-order valence-electron chi connectivity index (χ4n) is 2.55. The van der Waals surface area contributed by atoms with Crippen LogP contribution in [0.1, 0.15) is 16.9 Å². The molecule has 0 saturated carbocycles. The standard InChI is InChI=1S/C13H11N5S/c14-11-10-7-2-1-3-9(7)19-13(10)18-12(17-11)8-6-15-4-5-16-8/h4-6H,1-3H2,(H2,14,17,18). The highest BCUT2D eigenvalue weighted by Crippen LogP contribution is 2.39. The van der Waals surface area contributed by atoms with Gasteiger partial charge in [-0.25, -0.2) is 15.0 Å². The molecule has 0 atom stereocenters. The Kier molecular flexibility index (Phi) is 2.25. The van der Waals surface area contributed by atoms with Crippen molar-refractivity contribution in [1.82, 2.24) is 19.9 Å². The van der Waals surface area contributed by atoms with Gasteiger partial charge in [0.2, 0.25) is 0 Å². The summed E-state index contributed by atoms with van der Waals surface area (Å²) >= 11 is 1.73. The van der Waals surface area contributed by atoms with E-state index in [9.17, 15) is 0 Å². The first-order chi connectivity index (χ1) is 9.33.